The van der Waals surface area contributed by atoms with Gasteiger partial charge in [-0.3, -0.25) is 0 Å². The molecule has 42 heavy (non-hydrogen) atoms. The van der Waals surface area contributed by atoms with Crippen LogP contribution in [0.25, 0.3) is 39.7 Å². The van der Waals surface area contributed by atoms with Crippen molar-refractivity contribution in [2.45, 2.75) is 6.18 Å². The molecule has 0 aliphatic rings. The molecule has 2 heterocycles. The minimum atomic E-state index is -4.80. The van der Waals surface area contributed by atoms with Gasteiger partial charge in [0.25, 0.3) is 5.95 Å². The van der Waals surface area contributed by atoms with Gasteiger partial charge in [-0.15, -0.1) is 0 Å². The molecule has 0 saturated carbocycles. The Balaban J connectivity index is 1.77. The Bertz CT molecular complexity index is 1740. The summed E-state index contributed by atoms with van der Waals surface area (Å²) < 4.78 is 78.4. The first-order valence-corrected chi connectivity index (χ1v) is 12.4. The summed E-state index contributed by atoms with van der Waals surface area (Å²) >= 11 is 0. The summed E-state index contributed by atoms with van der Waals surface area (Å²) in [6.45, 7) is 0. The van der Waals surface area contributed by atoms with Crippen molar-refractivity contribution in [3.63, 3.8) is 0 Å². The average molecular weight is 581 g/mol. The van der Waals surface area contributed by atoms with Crippen LogP contribution < -0.4 is 18.9 Å². The highest BCUT2D eigenvalue weighted by atomic mass is 19.4. The molecule has 0 aliphatic heterocycles. The number of hydrogen-bond acceptors (Lipinski definition) is 7. The molecule has 3 aromatic carbocycles. The van der Waals surface area contributed by atoms with Crippen LogP contribution in [0.1, 0.15) is 5.69 Å². The Morgan fingerprint density at radius 1 is 0.595 bits per heavy atom. The standard InChI is InChI=1S/C30H24F4N4O4/c1-39-24-11-7-18(13-26(24)41-3)22-15-23(19-8-12-25(40-2)27(14-19)42-4)38(37-22)29-35-21(16-28(36-29)30(32,33)34)17-5-9-20(31)10-6-17/h5-16H,1-4H3. The zero-order valence-corrected chi connectivity index (χ0v) is 22.9. The highest BCUT2D eigenvalue weighted by Crippen LogP contribution is 2.38. The maximum absolute atomic E-state index is 14.0. The van der Waals surface area contributed by atoms with Gasteiger partial charge >= 0.3 is 6.18 Å². The van der Waals surface area contributed by atoms with Gasteiger partial charge in [0, 0.05) is 16.7 Å². The quantitative estimate of drug-likeness (QED) is 0.186. The molecule has 216 valence electrons. The number of ether oxygens (including phenoxy) is 4. The van der Waals surface area contributed by atoms with Crippen LogP contribution in [0, 0.1) is 5.82 Å². The lowest BCUT2D eigenvalue weighted by Crippen LogP contribution is -2.14. The van der Waals surface area contributed by atoms with Gasteiger partial charge in [0.1, 0.15) is 5.82 Å². The molecule has 2 aromatic heterocycles. The Hall–Kier alpha value is -5.13. The fourth-order valence-electron chi connectivity index (χ4n) is 4.31. The fraction of sp³-hybridized carbons (Fsp3) is 0.167. The van der Waals surface area contributed by atoms with Crippen molar-refractivity contribution in [3.05, 3.63) is 84.3 Å². The second-order valence-corrected chi connectivity index (χ2v) is 8.91. The lowest BCUT2D eigenvalue weighted by atomic mass is 10.1. The molecule has 8 nitrogen and oxygen atoms in total. The highest BCUT2D eigenvalue weighted by Gasteiger charge is 2.34. The number of alkyl halides is 3. The van der Waals surface area contributed by atoms with Gasteiger partial charge in [0.2, 0.25) is 0 Å². The van der Waals surface area contributed by atoms with Crippen molar-refractivity contribution in [3.8, 4) is 62.7 Å². The van der Waals surface area contributed by atoms with Crippen LogP contribution in [0.4, 0.5) is 17.6 Å². The smallest absolute Gasteiger partial charge is 0.433 e. The Labute approximate surface area is 238 Å². The van der Waals surface area contributed by atoms with Crippen LogP contribution in [0.2, 0.25) is 0 Å². The normalized spacial score (nSPS) is 11.3. The molecule has 0 fully saturated rings. The molecule has 0 radical (unpaired) electrons. The summed E-state index contributed by atoms with van der Waals surface area (Å²) in [6.07, 6.45) is -4.80. The van der Waals surface area contributed by atoms with E-state index in [0.29, 0.717) is 45.5 Å². The number of methoxy groups -OCH3 is 4. The Morgan fingerprint density at radius 2 is 1.14 bits per heavy atom. The van der Waals surface area contributed by atoms with Gasteiger partial charge in [-0.05, 0) is 72.8 Å². The third-order valence-electron chi connectivity index (χ3n) is 6.40. The number of rotatable bonds is 8. The lowest BCUT2D eigenvalue weighted by molar-refractivity contribution is -0.141. The predicted octanol–water partition coefficient (Wildman–Crippen LogP) is 6.86. The molecule has 0 spiro atoms. The van der Waals surface area contributed by atoms with E-state index in [1.54, 1.807) is 42.5 Å². The summed E-state index contributed by atoms with van der Waals surface area (Å²) in [5.41, 5.74) is 0.915. The molecule has 0 unspecified atom stereocenters. The maximum atomic E-state index is 14.0. The summed E-state index contributed by atoms with van der Waals surface area (Å²) in [5, 5.41) is 4.62. The zero-order valence-electron chi connectivity index (χ0n) is 22.9. The average Bonchev–Trinajstić information content (AvgIpc) is 3.45. The van der Waals surface area contributed by atoms with Crippen LogP contribution in [0.15, 0.2) is 72.8 Å². The van der Waals surface area contributed by atoms with E-state index in [1.165, 1.54) is 45.3 Å². The molecular formula is C30H24F4N4O4. The molecule has 5 rings (SSSR count). The number of nitrogens with zero attached hydrogens (tertiary/aromatic N) is 4. The van der Waals surface area contributed by atoms with E-state index in [1.807, 2.05) is 0 Å². The first-order chi connectivity index (χ1) is 20.1. The van der Waals surface area contributed by atoms with E-state index in [0.717, 1.165) is 18.2 Å². The van der Waals surface area contributed by atoms with E-state index in [-0.39, 0.29) is 17.2 Å². The molecule has 0 saturated heterocycles. The fourth-order valence-corrected chi connectivity index (χ4v) is 4.31. The van der Waals surface area contributed by atoms with Crippen LogP contribution >= 0.6 is 0 Å². The molecule has 12 heteroatoms. The summed E-state index contributed by atoms with van der Waals surface area (Å²) in [7, 11) is 5.96. The molecule has 0 bridgehead atoms. The van der Waals surface area contributed by atoms with E-state index >= 15 is 0 Å². The van der Waals surface area contributed by atoms with Crippen LogP contribution in [0.3, 0.4) is 0 Å². The first kappa shape index (κ1) is 28.4. The van der Waals surface area contributed by atoms with Crippen LogP contribution in [-0.4, -0.2) is 48.2 Å². The van der Waals surface area contributed by atoms with Gasteiger partial charge < -0.3 is 18.9 Å². The minimum Gasteiger partial charge on any atom is -0.493 e. The van der Waals surface area contributed by atoms with E-state index in [9.17, 15) is 17.6 Å². The Kier molecular flexibility index (Phi) is 7.70. The van der Waals surface area contributed by atoms with Gasteiger partial charge in [0.05, 0.1) is 45.5 Å². The molecule has 0 aliphatic carbocycles. The third-order valence-corrected chi connectivity index (χ3v) is 6.40. The molecule has 0 N–H and O–H groups in total. The highest BCUT2D eigenvalue weighted by molar-refractivity contribution is 5.73. The van der Waals surface area contributed by atoms with E-state index in [2.05, 4.69) is 15.1 Å². The van der Waals surface area contributed by atoms with Crippen LogP contribution in [0.5, 0.6) is 23.0 Å². The molecule has 0 amide bonds. The second kappa shape index (κ2) is 11.4. The summed E-state index contributed by atoms with van der Waals surface area (Å²) in [6, 6.07) is 17.6. The monoisotopic (exact) mass is 580 g/mol. The topological polar surface area (TPSA) is 80.5 Å². The van der Waals surface area contributed by atoms with Crippen molar-refractivity contribution < 1.29 is 36.5 Å². The summed E-state index contributed by atoms with van der Waals surface area (Å²) in [5.74, 6) is 0.901. The SMILES string of the molecule is COc1ccc(-c2cc(-c3ccc(OC)c(OC)c3)n(-c3nc(-c4ccc(F)cc4)cc(C(F)(F)F)n3)n2)cc1OC. The van der Waals surface area contributed by atoms with Crippen molar-refractivity contribution in [1.82, 2.24) is 19.7 Å². The Morgan fingerprint density at radius 3 is 1.71 bits per heavy atom. The number of benzene rings is 3. The number of halogens is 4. The maximum Gasteiger partial charge on any atom is 0.433 e. The van der Waals surface area contributed by atoms with Gasteiger partial charge in [0.15, 0.2) is 28.7 Å². The summed E-state index contributed by atoms with van der Waals surface area (Å²) in [4.78, 5) is 8.25. The zero-order chi connectivity index (χ0) is 30.0. The van der Waals surface area contributed by atoms with E-state index < -0.39 is 17.7 Å². The lowest BCUT2D eigenvalue weighted by Gasteiger charge is -2.13. The van der Waals surface area contributed by atoms with Gasteiger partial charge in [-0.25, -0.2) is 14.4 Å². The van der Waals surface area contributed by atoms with Gasteiger partial charge in [-0.2, -0.15) is 23.0 Å². The predicted molar refractivity (Wildman–Crippen MR) is 147 cm³/mol. The van der Waals surface area contributed by atoms with Crippen molar-refractivity contribution >= 4 is 0 Å². The molecule has 0 atom stereocenters. The van der Waals surface area contributed by atoms with E-state index in [4.69, 9.17) is 18.9 Å². The number of hydrogen-bond donors (Lipinski definition) is 0. The van der Waals surface area contributed by atoms with Crippen molar-refractivity contribution in [2.24, 2.45) is 0 Å². The van der Waals surface area contributed by atoms with Crippen molar-refractivity contribution in [2.75, 3.05) is 28.4 Å². The first-order valence-electron chi connectivity index (χ1n) is 12.4. The largest absolute Gasteiger partial charge is 0.493 e. The minimum absolute atomic E-state index is 0.0613. The number of aromatic nitrogens is 4. The van der Waals surface area contributed by atoms with Gasteiger partial charge in [-0.1, -0.05) is 0 Å². The second-order valence-electron chi connectivity index (χ2n) is 8.91. The molecule has 5 aromatic rings. The third kappa shape index (κ3) is 5.55. The molecular weight excluding hydrogens is 556 g/mol. The van der Waals surface area contributed by atoms with Crippen molar-refractivity contribution in [1.29, 1.82) is 0 Å². The van der Waals surface area contributed by atoms with Crippen LogP contribution in [-0.2, 0) is 6.18 Å².